The molecule has 2 rings (SSSR count). The predicted octanol–water partition coefficient (Wildman–Crippen LogP) is 1.81. The van der Waals surface area contributed by atoms with Crippen molar-refractivity contribution in [1.82, 2.24) is 20.2 Å². The first kappa shape index (κ1) is 17.0. The van der Waals surface area contributed by atoms with Crippen molar-refractivity contribution in [3.63, 3.8) is 0 Å². The molecule has 1 aliphatic heterocycles. The molecule has 0 radical (unpaired) electrons. The van der Waals surface area contributed by atoms with Gasteiger partial charge in [0.2, 0.25) is 0 Å². The first-order chi connectivity index (χ1) is 10.3. The lowest BCUT2D eigenvalue weighted by Gasteiger charge is -2.35. The molecule has 0 saturated carbocycles. The number of alkyl halides is 3. The summed E-state index contributed by atoms with van der Waals surface area (Å²) in [6.45, 7) is 2.74. The molecule has 1 aromatic rings. The molecule has 8 heteroatoms. The van der Waals surface area contributed by atoms with Crippen LogP contribution in [0.25, 0.3) is 0 Å². The molecule has 2 heterocycles. The van der Waals surface area contributed by atoms with Crippen molar-refractivity contribution in [3.05, 3.63) is 18.1 Å². The van der Waals surface area contributed by atoms with Crippen molar-refractivity contribution < 1.29 is 13.2 Å². The van der Waals surface area contributed by atoms with Gasteiger partial charge in [0.1, 0.15) is 11.6 Å². The standard InChI is InChI=1S/C14H22F3N5/c1-10(20-8-13-19-5-2-12(18)21-13)11-3-6-22(7-4-11)9-14(15,16)17/h2,5,10-11,20H,3-4,6-9H2,1H3,(H2,18,19,21). The van der Waals surface area contributed by atoms with Crippen molar-refractivity contribution >= 4 is 5.82 Å². The highest BCUT2D eigenvalue weighted by atomic mass is 19.4. The third kappa shape index (κ3) is 5.42. The fourth-order valence-electron chi connectivity index (χ4n) is 2.78. The number of hydrogen-bond donors (Lipinski definition) is 2. The van der Waals surface area contributed by atoms with E-state index in [1.165, 1.54) is 4.90 Å². The average Bonchev–Trinajstić information content (AvgIpc) is 2.44. The summed E-state index contributed by atoms with van der Waals surface area (Å²) in [5.74, 6) is 1.42. The Morgan fingerprint density at radius 3 is 2.68 bits per heavy atom. The summed E-state index contributed by atoms with van der Waals surface area (Å²) < 4.78 is 37.1. The number of piperidine rings is 1. The number of nitrogens with one attached hydrogen (secondary N) is 1. The van der Waals surface area contributed by atoms with Gasteiger partial charge in [0, 0.05) is 12.2 Å². The second kappa shape index (κ2) is 7.23. The molecular weight excluding hydrogens is 295 g/mol. The summed E-state index contributed by atoms with van der Waals surface area (Å²) in [7, 11) is 0. The van der Waals surface area contributed by atoms with E-state index >= 15 is 0 Å². The third-order valence-electron chi connectivity index (χ3n) is 4.05. The Labute approximate surface area is 128 Å². The highest BCUT2D eigenvalue weighted by Crippen LogP contribution is 2.24. The smallest absolute Gasteiger partial charge is 0.384 e. The summed E-state index contributed by atoms with van der Waals surface area (Å²) in [5, 5.41) is 3.34. The van der Waals surface area contributed by atoms with Gasteiger partial charge in [0.15, 0.2) is 0 Å². The molecule has 0 aromatic carbocycles. The summed E-state index contributed by atoms with van der Waals surface area (Å²) in [5.41, 5.74) is 5.60. The van der Waals surface area contributed by atoms with E-state index in [1.807, 2.05) is 0 Å². The zero-order valence-electron chi connectivity index (χ0n) is 12.6. The minimum atomic E-state index is -4.11. The maximum Gasteiger partial charge on any atom is 0.401 e. The largest absolute Gasteiger partial charge is 0.401 e. The average molecular weight is 317 g/mol. The summed E-state index contributed by atoms with van der Waals surface area (Å²) in [6.07, 6.45) is -0.967. The van der Waals surface area contributed by atoms with E-state index < -0.39 is 12.7 Å². The Balaban J connectivity index is 1.74. The van der Waals surface area contributed by atoms with Crippen molar-refractivity contribution in [3.8, 4) is 0 Å². The van der Waals surface area contributed by atoms with Crippen LogP contribution in [-0.2, 0) is 6.54 Å². The summed E-state index contributed by atoms with van der Waals surface area (Å²) >= 11 is 0. The number of hydrogen-bond acceptors (Lipinski definition) is 5. The number of rotatable bonds is 5. The van der Waals surface area contributed by atoms with Crippen LogP contribution in [0, 0.1) is 5.92 Å². The fourth-order valence-corrected chi connectivity index (χ4v) is 2.78. The monoisotopic (exact) mass is 317 g/mol. The van der Waals surface area contributed by atoms with Crippen LogP contribution < -0.4 is 11.1 Å². The van der Waals surface area contributed by atoms with E-state index in [9.17, 15) is 13.2 Å². The van der Waals surface area contributed by atoms with E-state index in [0.29, 0.717) is 37.2 Å². The van der Waals surface area contributed by atoms with E-state index in [2.05, 4.69) is 22.2 Å². The van der Waals surface area contributed by atoms with Gasteiger partial charge in [-0.25, -0.2) is 9.97 Å². The van der Waals surface area contributed by atoms with Gasteiger partial charge in [-0.05, 0) is 44.8 Å². The maximum atomic E-state index is 12.4. The zero-order chi connectivity index (χ0) is 16.2. The minimum Gasteiger partial charge on any atom is -0.384 e. The summed E-state index contributed by atoms with van der Waals surface area (Å²) in [6, 6.07) is 1.83. The molecule has 1 unspecified atom stereocenters. The SMILES string of the molecule is CC(NCc1nccc(N)n1)C1CCN(CC(F)(F)F)CC1. The van der Waals surface area contributed by atoms with Crippen LogP contribution in [0.1, 0.15) is 25.6 Å². The molecule has 1 atom stereocenters. The van der Waals surface area contributed by atoms with Gasteiger partial charge in [-0.1, -0.05) is 0 Å². The minimum absolute atomic E-state index is 0.207. The van der Waals surface area contributed by atoms with Gasteiger partial charge < -0.3 is 11.1 Å². The number of nitrogens with two attached hydrogens (primary N) is 1. The van der Waals surface area contributed by atoms with Crippen LogP contribution in [0.5, 0.6) is 0 Å². The lowest BCUT2D eigenvalue weighted by atomic mass is 9.90. The third-order valence-corrected chi connectivity index (χ3v) is 4.05. The first-order valence-corrected chi connectivity index (χ1v) is 7.43. The molecule has 0 bridgehead atoms. The number of halogens is 3. The van der Waals surface area contributed by atoms with Crippen LogP contribution >= 0.6 is 0 Å². The lowest BCUT2D eigenvalue weighted by molar-refractivity contribution is -0.148. The molecule has 0 spiro atoms. The Kier molecular flexibility index (Phi) is 5.57. The fraction of sp³-hybridized carbons (Fsp3) is 0.714. The van der Waals surface area contributed by atoms with Crippen LogP contribution in [0.3, 0.4) is 0 Å². The van der Waals surface area contributed by atoms with Crippen molar-refractivity contribution in [2.75, 3.05) is 25.4 Å². The Morgan fingerprint density at radius 2 is 2.09 bits per heavy atom. The Morgan fingerprint density at radius 1 is 1.41 bits per heavy atom. The van der Waals surface area contributed by atoms with E-state index in [1.54, 1.807) is 12.3 Å². The molecular formula is C14H22F3N5. The molecule has 1 fully saturated rings. The second-order valence-corrected chi connectivity index (χ2v) is 5.80. The maximum absolute atomic E-state index is 12.4. The van der Waals surface area contributed by atoms with Gasteiger partial charge in [-0.2, -0.15) is 13.2 Å². The highest BCUT2D eigenvalue weighted by molar-refractivity contribution is 5.24. The van der Waals surface area contributed by atoms with E-state index in [-0.39, 0.29) is 6.04 Å². The Bertz CT molecular complexity index is 472. The number of nitrogens with zero attached hydrogens (tertiary/aromatic N) is 3. The van der Waals surface area contributed by atoms with Crippen molar-refractivity contribution in [2.24, 2.45) is 5.92 Å². The summed E-state index contributed by atoms with van der Waals surface area (Å²) in [4.78, 5) is 9.71. The van der Waals surface area contributed by atoms with Gasteiger partial charge in [0.25, 0.3) is 0 Å². The van der Waals surface area contributed by atoms with Crippen molar-refractivity contribution in [2.45, 2.75) is 38.5 Å². The van der Waals surface area contributed by atoms with Crippen molar-refractivity contribution in [1.29, 1.82) is 0 Å². The topological polar surface area (TPSA) is 67.1 Å². The van der Waals surface area contributed by atoms with Gasteiger partial charge in [-0.3, -0.25) is 4.90 Å². The van der Waals surface area contributed by atoms with Crippen LogP contribution in [0.4, 0.5) is 19.0 Å². The van der Waals surface area contributed by atoms with E-state index in [4.69, 9.17) is 5.73 Å². The Hall–Kier alpha value is -1.41. The molecule has 22 heavy (non-hydrogen) atoms. The van der Waals surface area contributed by atoms with Crippen LogP contribution in [-0.4, -0.2) is 46.7 Å². The van der Waals surface area contributed by atoms with Gasteiger partial charge >= 0.3 is 6.18 Å². The molecule has 1 aliphatic rings. The lowest BCUT2D eigenvalue weighted by Crippen LogP contribution is -2.44. The van der Waals surface area contributed by atoms with Gasteiger partial charge in [0.05, 0.1) is 13.1 Å². The molecule has 1 saturated heterocycles. The van der Waals surface area contributed by atoms with Crippen LogP contribution in [0.2, 0.25) is 0 Å². The molecule has 3 N–H and O–H groups in total. The normalized spacial score (nSPS) is 19.3. The van der Waals surface area contributed by atoms with Gasteiger partial charge in [-0.15, -0.1) is 0 Å². The molecule has 5 nitrogen and oxygen atoms in total. The van der Waals surface area contributed by atoms with E-state index in [0.717, 1.165) is 12.8 Å². The quantitative estimate of drug-likeness (QED) is 0.867. The molecule has 0 amide bonds. The number of likely N-dealkylation sites (tertiary alicyclic amines) is 1. The second-order valence-electron chi connectivity index (χ2n) is 5.80. The van der Waals surface area contributed by atoms with Crippen LogP contribution in [0.15, 0.2) is 12.3 Å². The number of aromatic nitrogens is 2. The zero-order valence-corrected chi connectivity index (χ0v) is 12.6. The number of nitrogen functional groups attached to an aromatic ring is 1. The molecule has 0 aliphatic carbocycles. The molecule has 1 aromatic heterocycles. The highest BCUT2D eigenvalue weighted by Gasteiger charge is 2.33. The molecule has 124 valence electrons. The predicted molar refractivity (Wildman–Crippen MR) is 78.0 cm³/mol. The number of anilines is 1. The first-order valence-electron chi connectivity index (χ1n) is 7.43.